The zero-order valence-electron chi connectivity index (χ0n) is 19.8. The van der Waals surface area contributed by atoms with Gasteiger partial charge < -0.3 is 14.8 Å². The Morgan fingerprint density at radius 3 is 2.47 bits per heavy atom. The molecule has 3 aromatic rings. The summed E-state index contributed by atoms with van der Waals surface area (Å²) in [5, 5.41) is 5.84. The molecule has 34 heavy (non-hydrogen) atoms. The van der Waals surface area contributed by atoms with Crippen LogP contribution in [0.25, 0.3) is 0 Å². The maximum atomic E-state index is 12.6. The Morgan fingerprint density at radius 2 is 1.76 bits per heavy atom. The number of hydrogen-bond acceptors (Lipinski definition) is 6. The first-order chi connectivity index (χ1) is 16.5. The van der Waals surface area contributed by atoms with Crippen molar-refractivity contribution in [1.82, 2.24) is 4.90 Å². The molecule has 3 aromatic carbocycles. The average Bonchev–Trinajstić information content (AvgIpc) is 2.87. The number of nitroso groups, excluding NO2 is 1. The molecule has 7 heteroatoms. The summed E-state index contributed by atoms with van der Waals surface area (Å²) in [7, 11) is 3.33. The first kappa shape index (κ1) is 23.4. The molecule has 4 rings (SSSR count). The average molecular weight is 460 g/mol. The number of fused-ring (bicyclic) bond motifs is 1. The SMILES string of the molecule is COc1cc2c(cc1OC)CN(CCc1ccc(NC(=O)c3ccccc3N=O)c(C)c1)CC2. The van der Waals surface area contributed by atoms with E-state index in [-0.39, 0.29) is 17.2 Å². The van der Waals surface area contributed by atoms with Crippen LogP contribution in [0.15, 0.2) is 59.8 Å². The van der Waals surface area contributed by atoms with Gasteiger partial charge in [0, 0.05) is 25.3 Å². The summed E-state index contributed by atoms with van der Waals surface area (Å²) in [5.41, 5.74) is 5.91. The summed E-state index contributed by atoms with van der Waals surface area (Å²) < 4.78 is 10.9. The largest absolute Gasteiger partial charge is 0.493 e. The Bertz CT molecular complexity index is 1210. The fourth-order valence-corrected chi connectivity index (χ4v) is 4.38. The van der Waals surface area contributed by atoms with Crippen molar-refractivity contribution in [2.45, 2.75) is 26.3 Å². The molecule has 0 aromatic heterocycles. The predicted octanol–water partition coefficient (Wildman–Crippen LogP) is 5.26. The normalized spacial score (nSPS) is 13.1. The number of rotatable bonds is 8. The standard InChI is InChI=1S/C27H29N3O4/c1-18-14-19(8-9-23(18)28-27(31)22-6-4-5-7-24(22)29-32)10-12-30-13-11-20-15-25(33-2)26(34-3)16-21(20)17-30/h4-9,14-16H,10-13,17H2,1-3H3,(H,28,31). The fraction of sp³-hybridized carbons (Fsp3) is 0.296. The number of nitrogens with zero attached hydrogens (tertiary/aromatic N) is 2. The maximum absolute atomic E-state index is 12.6. The van der Waals surface area contributed by atoms with Gasteiger partial charge in [0.25, 0.3) is 5.91 Å². The van der Waals surface area contributed by atoms with E-state index in [4.69, 9.17) is 9.47 Å². The summed E-state index contributed by atoms with van der Waals surface area (Å²) in [5.74, 6) is 1.20. The van der Waals surface area contributed by atoms with Gasteiger partial charge in [-0.2, -0.15) is 0 Å². The highest BCUT2D eigenvalue weighted by Crippen LogP contribution is 2.33. The van der Waals surface area contributed by atoms with Crippen molar-refractivity contribution in [3.63, 3.8) is 0 Å². The molecule has 0 unspecified atom stereocenters. The van der Waals surface area contributed by atoms with Gasteiger partial charge in [0.05, 0.1) is 19.8 Å². The van der Waals surface area contributed by atoms with Crippen LogP contribution in [0.1, 0.15) is 32.6 Å². The van der Waals surface area contributed by atoms with Crippen molar-refractivity contribution in [2.75, 3.05) is 32.6 Å². The lowest BCUT2D eigenvalue weighted by atomic mass is 9.98. The number of methoxy groups -OCH3 is 2. The molecule has 0 bridgehead atoms. The van der Waals surface area contributed by atoms with Crippen LogP contribution in [-0.4, -0.2) is 38.1 Å². The maximum Gasteiger partial charge on any atom is 0.257 e. The molecule has 0 saturated heterocycles. The smallest absolute Gasteiger partial charge is 0.257 e. The van der Waals surface area contributed by atoms with Gasteiger partial charge in [0.1, 0.15) is 5.69 Å². The summed E-state index contributed by atoms with van der Waals surface area (Å²) >= 11 is 0. The Hall–Kier alpha value is -3.71. The Kier molecular flexibility index (Phi) is 7.23. The quantitative estimate of drug-likeness (QED) is 0.465. The molecule has 176 valence electrons. The predicted molar refractivity (Wildman–Crippen MR) is 133 cm³/mol. The van der Waals surface area contributed by atoms with Crippen molar-refractivity contribution in [1.29, 1.82) is 0 Å². The highest BCUT2D eigenvalue weighted by atomic mass is 16.5. The second-order valence-corrected chi connectivity index (χ2v) is 8.46. The van der Waals surface area contributed by atoms with Crippen LogP contribution in [0.2, 0.25) is 0 Å². The van der Waals surface area contributed by atoms with Gasteiger partial charge in [0.2, 0.25) is 0 Å². The third kappa shape index (κ3) is 5.10. The number of nitrogens with one attached hydrogen (secondary N) is 1. The Balaban J connectivity index is 1.38. The third-order valence-corrected chi connectivity index (χ3v) is 6.30. The van der Waals surface area contributed by atoms with E-state index in [1.54, 1.807) is 32.4 Å². The molecule has 1 heterocycles. The topological polar surface area (TPSA) is 80.2 Å². The lowest BCUT2D eigenvalue weighted by Crippen LogP contribution is -2.32. The molecular weight excluding hydrogens is 430 g/mol. The Labute approximate surface area is 199 Å². The van der Waals surface area contributed by atoms with Crippen molar-refractivity contribution < 1.29 is 14.3 Å². The minimum Gasteiger partial charge on any atom is -0.493 e. The van der Waals surface area contributed by atoms with Gasteiger partial charge in [-0.3, -0.25) is 9.69 Å². The minimum atomic E-state index is -0.343. The molecular formula is C27H29N3O4. The molecule has 1 aliphatic heterocycles. The summed E-state index contributed by atoms with van der Waals surface area (Å²) in [4.78, 5) is 26.0. The van der Waals surface area contributed by atoms with Crippen molar-refractivity contribution >= 4 is 17.3 Å². The van der Waals surface area contributed by atoms with Crippen molar-refractivity contribution in [3.05, 3.63) is 87.3 Å². The number of carbonyl (C=O) groups excluding carboxylic acids is 1. The van der Waals surface area contributed by atoms with Crippen LogP contribution < -0.4 is 14.8 Å². The van der Waals surface area contributed by atoms with E-state index in [2.05, 4.69) is 33.6 Å². The number of hydrogen-bond donors (Lipinski definition) is 1. The molecule has 1 amide bonds. The molecule has 0 atom stereocenters. The van der Waals surface area contributed by atoms with Gasteiger partial charge >= 0.3 is 0 Å². The number of carbonyl (C=O) groups is 1. The number of aryl methyl sites for hydroxylation is 1. The molecule has 0 spiro atoms. The monoisotopic (exact) mass is 459 g/mol. The van der Waals surface area contributed by atoms with Crippen LogP contribution in [0.3, 0.4) is 0 Å². The number of ether oxygens (including phenoxy) is 2. The van der Waals surface area contributed by atoms with Gasteiger partial charge in [0.15, 0.2) is 11.5 Å². The van der Waals surface area contributed by atoms with E-state index >= 15 is 0 Å². The number of benzene rings is 3. The molecule has 1 aliphatic rings. The molecule has 0 saturated carbocycles. The molecule has 0 fully saturated rings. The van der Waals surface area contributed by atoms with Crippen LogP contribution in [0.4, 0.5) is 11.4 Å². The van der Waals surface area contributed by atoms with Gasteiger partial charge in [-0.1, -0.05) is 24.3 Å². The summed E-state index contributed by atoms with van der Waals surface area (Å²) in [6.07, 6.45) is 1.90. The second-order valence-electron chi connectivity index (χ2n) is 8.46. The van der Waals surface area contributed by atoms with Gasteiger partial charge in [-0.05, 0) is 77.5 Å². The molecule has 7 nitrogen and oxygen atoms in total. The van der Waals surface area contributed by atoms with Crippen molar-refractivity contribution in [3.8, 4) is 11.5 Å². The zero-order chi connectivity index (χ0) is 24.1. The van der Waals surface area contributed by atoms with Crippen molar-refractivity contribution in [2.24, 2.45) is 5.18 Å². The lowest BCUT2D eigenvalue weighted by Gasteiger charge is -2.29. The second kappa shape index (κ2) is 10.5. The van der Waals surface area contributed by atoms with E-state index in [0.717, 1.165) is 55.2 Å². The highest BCUT2D eigenvalue weighted by molar-refractivity contribution is 6.07. The number of amides is 1. The first-order valence-corrected chi connectivity index (χ1v) is 11.3. The van der Waals surface area contributed by atoms with E-state index in [0.29, 0.717) is 0 Å². The van der Waals surface area contributed by atoms with Gasteiger partial charge in [-0.25, -0.2) is 0 Å². The van der Waals surface area contributed by atoms with Crippen LogP contribution >= 0.6 is 0 Å². The molecule has 0 aliphatic carbocycles. The Morgan fingerprint density at radius 1 is 1.03 bits per heavy atom. The third-order valence-electron chi connectivity index (χ3n) is 6.30. The first-order valence-electron chi connectivity index (χ1n) is 11.3. The van der Waals surface area contributed by atoms with Crippen LogP contribution in [0.5, 0.6) is 11.5 Å². The summed E-state index contributed by atoms with van der Waals surface area (Å²) in [6, 6.07) is 16.8. The highest BCUT2D eigenvalue weighted by Gasteiger charge is 2.19. The molecule has 0 radical (unpaired) electrons. The fourth-order valence-electron chi connectivity index (χ4n) is 4.38. The lowest BCUT2D eigenvalue weighted by molar-refractivity contribution is 0.102. The van der Waals surface area contributed by atoms with Gasteiger partial charge in [-0.15, -0.1) is 4.91 Å². The van der Waals surface area contributed by atoms with E-state index in [1.165, 1.54) is 22.8 Å². The van der Waals surface area contributed by atoms with E-state index in [9.17, 15) is 9.70 Å². The van der Waals surface area contributed by atoms with E-state index < -0.39 is 0 Å². The van der Waals surface area contributed by atoms with E-state index in [1.807, 2.05) is 19.1 Å². The minimum absolute atomic E-state index is 0.133. The molecule has 1 N–H and O–H groups in total. The van der Waals surface area contributed by atoms with Crippen LogP contribution in [-0.2, 0) is 19.4 Å². The van der Waals surface area contributed by atoms with Crippen LogP contribution in [0, 0.1) is 11.8 Å². The number of anilines is 1. The summed E-state index contributed by atoms with van der Waals surface area (Å²) in [6.45, 7) is 4.80. The zero-order valence-corrected chi connectivity index (χ0v) is 19.8.